The quantitative estimate of drug-likeness (QED) is 0.562. The highest BCUT2D eigenvalue weighted by Gasteiger charge is 2.16. The maximum atomic E-state index is 13.4. The summed E-state index contributed by atoms with van der Waals surface area (Å²) in [6.07, 6.45) is 3.59. The van der Waals surface area contributed by atoms with Gasteiger partial charge in [-0.25, -0.2) is 9.82 Å². The molecule has 1 aromatic heterocycles. The number of hydrogen-bond donors (Lipinski definition) is 2. The van der Waals surface area contributed by atoms with Crippen LogP contribution in [0.1, 0.15) is 17.2 Å². The second-order valence-electron chi connectivity index (χ2n) is 4.72. The number of pyridine rings is 1. The fourth-order valence-electron chi connectivity index (χ4n) is 2.43. The molecule has 0 fully saturated rings. The summed E-state index contributed by atoms with van der Waals surface area (Å²) in [5.74, 6) is 5.43. The van der Waals surface area contributed by atoms with Gasteiger partial charge in [-0.1, -0.05) is 30.3 Å². The summed E-state index contributed by atoms with van der Waals surface area (Å²) in [5, 5.41) is 2.10. The maximum Gasteiger partial charge on any atom is 0.137 e. The molecule has 3 N–H and O–H groups in total. The molecule has 0 radical (unpaired) electrons. The van der Waals surface area contributed by atoms with Crippen LogP contribution in [-0.4, -0.2) is 4.98 Å². The van der Waals surface area contributed by atoms with Crippen molar-refractivity contribution in [2.24, 2.45) is 5.84 Å². The number of fused-ring (bicyclic) bond motifs is 1. The second kappa shape index (κ2) is 5.89. The van der Waals surface area contributed by atoms with E-state index in [1.807, 2.05) is 30.5 Å². The summed E-state index contributed by atoms with van der Waals surface area (Å²) in [6, 6.07) is 12.6. The molecule has 0 spiro atoms. The molecule has 0 saturated carbocycles. The molecular weight excluding hydrogens is 333 g/mol. The van der Waals surface area contributed by atoms with Crippen LogP contribution < -0.4 is 11.3 Å². The summed E-state index contributed by atoms with van der Waals surface area (Å²) in [6.45, 7) is 0. The average Bonchev–Trinajstić information content (AvgIpc) is 2.52. The minimum atomic E-state index is -0.300. The van der Waals surface area contributed by atoms with Crippen LogP contribution in [-0.2, 0) is 0 Å². The van der Waals surface area contributed by atoms with Crippen molar-refractivity contribution in [1.29, 1.82) is 0 Å². The molecule has 3 rings (SSSR count). The zero-order chi connectivity index (χ0) is 14.8. The molecular formula is C16H13BrFN3. The number of halogens is 2. The molecule has 1 unspecified atom stereocenters. The predicted molar refractivity (Wildman–Crippen MR) is 85.0 cm³/mol. The van der Waals surface area contributed by atoms with Crippen molar-refractivity contribution in [3.8, 4) is 0 Å². The van der Waals surface area contributed by atoms with Gasteiger partial charge in [0, 0.05) is 23.3 Å². The van der Waals surface area contributed by atoms with Crippen molar-refractivity contribution in [3.63, 3.8) is 0 Å². The van der Waals surface area contributed by atoms with Crippen LogP contribution in [0.4, 0.5) is 4.39 Å². The summed E-state index contributed by atoms with van der Waals surface area (Å²) in [7, 11) is 0. The third-order valence-electron chi connectivity index (χ3n) is 3.45. The van der Waals surface area contributed by atoms with Gasteiger partial charge in [-0.15, -0.1) is 0 Å². The Labute approximate surface area is 130 Å². The average molecular weight is 346 g/mol. The monoisotopic (exact) mass is 345 g/mol. The fraction of sp³-hybridized carbons (Fsp3) is 0.0625. The van der Waals surface area contributed by atoms with E-state index in [4.69, 9.17) is 5.84 Å². The van der Waals surface area contributed by atoms with Crippen LogP contribution in [0.3, 0.4) is 0 Å². The van der Waals surface area contributed by atoms with Crippen LogP contribution in [0, 0.1) is 5.82 Å². The number of benzene rings is 2. The van der Waals surface area contributed by atoms with Gasteiger partial charge in [0.15, 0.2) is 0 Å². The predicted octanol–water partition coefficient (Wildman–Crippen LogP) is 3.69. The third kappa shape index (κ3) is 2.68. The van der Waals surface area contributed by atoms with Gasteiger partial charge in [0.1, 0.15) is 5.82 Å². The summed E-state index contributed by atoms with van der Waals surface area (Å²) in [5.41, 5.74) is 4.61. The van der Waals surface area contributed by atoms with Crippen molar-refractivity contribution in [3.05, 3.63) is 76.3 Å². The molecule has 3 nitrogen and oxygen atoms in total. The molecule has 1 heterocycles. The van der Waals surface area contributed by atoms with Crippen LogP contribution in [0.25, 0.3) is 10.8 Å². The first-order valence-corrected chi connectivity index (χ1v) is 7.23. The number of hydrogen-bond acceptors (Lipinski definition) is 3. The van der Waals surface area contributed by atoms with E-state index in [-0.39, 0.29) is 11.9 Å². The largest absolute Gasteiger partial charge is 0.271 e. The molecule has 0 aliphatic rings. The van der Waals surface area contributed by atoms with Crippen molar-refractivity contribution < 1.29 is 4.39 Å². The number of nitrogens with one attached hydrogen (secondary N) is 1. The maximum absolute atomic E-state index is 13.4. The van der Waals surface area contributed by atoms with Crippen molar-refractivity contribution in [1.82, 2.24) is 10.4 Å². The first-order chi connectivity index (χ1) is 10.2. The topological polar surface area (TPSA) is 50.9 Å². The molecule has 106 valence electrons. The second-order valence-corrected chi connectivity index (χ2v) is 5.58. The van der Waals surface area contributed by atoms with E-state index in [1.165, 1.54) is 6.07 Å². The van der Waals surface area contributed by atoms with E-state index >= 15 is 0 Å². The third-order valence-corrected chi connectivity index (χ3v) is 4.06. The highest BCUT2D eigenvalue weighted by atomic mass is 79.9. The molecule has 1 atom stereocenters. The zero-order valence-corrected chi connectivity index (χ0v) is 12.6. The summed E-state index contributed by atoms with van der Waals surface area (Å²) in [4.78, 5) is 4.27. The standard InChI is InChI=1S/C16H13BrFN3/c17-14-7-10(5-6-15(14)18)16(21-19)13-9-20-8-11-3-1-2-4-12(11)13/h1-9,16,21H,19H2. The van der Waals surface area contributed by atoms with Gasteiger partial charge < -0.3 is 0 Å². The minimum absolute atomic E-state index is 0.263. The molecule has 0 aliphatic carbocycles. The Balaban J connectivity index is 2.16. The van der Waals surface area contributed by atoms with Crippen LogP contribution in [0.2, 0.25) is 0 Å². The van der Waals surface area contributed by atoms with E-state index in [9.17, 15) is 4.39 Å². The van der Waals surface area contributed by atoms with Crippen LogP contribution >= 0.6 is 15.9 Å². The van der Waals surface area contributed by atoms with Crippen molar-refractivity contribution in [2.75, 3.05) is 0 Å². The van der Waals surface area contributed by atoms with E-state index in [2.05, 4.69) is 26.3 Å². The fourth-order valence-corrected chi connectivity index (χ4v) is 2.82. The van der Waals surface area contributed by atoms with Gasteiger partial charge in [-0.2, -0.15) is 0 Å². The number of nitrogens with two attached hydrogens (primary N) is 1. The Morgan fingerprint density at radius 1 is 1.14 bits per heavy atom. The summed E-state index contributed by atoms with van der Waals surface area (Å²) >= 11 is 3.21. The Bertz CT molecular complexity index is 786. The van der Waals surface area contributed by atoms with Crippen LogP contribution in [0.5, 0.6) is 0 Å². The first kappa shape index (κ1) is 14.1. The lowest BCUT2D eigenvalue weighted by Crippen LogP contribution is -2.29. The summed E-state index contributed by atoms with van der Waals surface area (Å²) < 4.78 is 13.8. The molecule has 0 bridgehead atoms. The molecule has 0 saturated heterocycles. The van der Waals surface area contributed by atoms with Crippen molar-refractivity contribution >= 4 is 26.7 Å². The van der Waals surface area contributed by atoms with Gasteiger partial charge in [0.2, 0.25) is 0 Å². The van der Waals surface area contributed by atoms with Crippen LogP contribution in [0.15, 0.2) is 59.3 Å². The smallest absolute Gasteiger partial charge is 0.137 e. The van der Waals surface area contributed by atoms with E-state index in [0.717, 1.165) is 21.9 Å². The zero-order valence-electron chi connectivity index (χ0n) is 11.1. The number of rotatable bonds is 3. The van der Waals surface area contributed by atoms with Gasteiger partial charge >= 0.3 is 0 Å². The Kier molecular flexibility index (Phi) is 3.96. The lowest BCUT2D eigenvalue weighted by Gasteiger charge is -2.19. The normalized spacial score (nSPS) is 12.5. The molecule has 2 aromatic carbocycles. The minimum Gasteiger partial charge on any atom is -0.271 e. The molecule has 0 amide bonds. The lowest BCUT2D eigenvalue weighted by atomic mass is 9.96. The Hall–Kier alpha value is -1.82. The van der Waals surface area contributed by atoms with E-state index in [0.29, 0.717) is 4.47 Å². The highest BCUT2D eigenvalue weighted by molar-refractivity contribution is 9.10. The SMILES string of the molecule is NNC(c1ccc(F)c(Br)c1)c1cncc2ccccc12. The Morgan fingerprint density at radius 3 is 2.71 bits per heavy atom. The van der Waals surface area contributed by atoms with Crippen molar-refractivity contribution in [2.45, 2.75) is 6.04 Å². The van der Waals surface area contributed by atoms with Gasteiger partial charge in [-0.3, -0.25) is 10.8 Å². The Morgan fingerprint density at radius 2 is 1.95 bits per heavy atom. The first-order valence-electron chi connectivity index (χ1n) is 6.44. The lowest BCUT2D eigenvalue weighted by molar-refractivity contribution is 0.610. The van der Waals surface area contributed by atoms with Gasteiger partial charge in [0.05, 0.1) is 10.5 Å². The van der Waals surface area contributed by atoms with Gasteiger partial charge in [-0.05, 0) is 39.0 Å². The molecule has 3 aromatic rings. The molecule has 0 aliphatic heterocycles. The highest BCUT2D eigenvalue weighted by Crippen LogP contribution is 2.29. The number of hydrazine groups is 1. The molecule has 5 heteroatoms. The molecule has 21 heavy (non-hydrogen) atoms. The van der Waals surface area contributed by atoms with E-state index < -0.39 is 0 Å². The number of aromatic nitrogens is 1. The number of nitrogens with zero attached hydrogens (tertiary/aromatic N) is 1. The van der Waals surface area contributed by atoms with E-state index in [1.54, 1.807) is 18.3 Å². The van der Waals surface area contributed by atoms with Gasteiger partial charge in [0.25, 0.3) is 0 Å².